The monoisotopic (exact) mass is 345 g/mol. The quantitative estimate of drug-likeness (QED) is 0.844. The van der Waals surface area contributed by atoms with Crippen LogP contribution in [-0.4, -0.2) is 5.91 Å². The molecule has 0 unspecified atom stereocenters. The Labute approximate surface area is 121 Å². The van der Waals surface area contributed by atoms with E-state index < -0.39 is 17.5 Å². The van der Waals surface area contributed by atoms with E-state index in [2.05, 4.69) is 21.2 Å². The molecule has 0 saturated heterocycles. The van der Waals surface area contributed by atoms with Gasteiger partial charge in [0.2, 0.25) is 0 Å². The van der Waals surface area contributed by atoms with E-state index in [0.29, 0.717) is 5.69 Å². The molecule has 98 valence electrons. The third kappa shape index (κ3) is 3.30. The van der Waals surface area contributed by atoms with E-state index in [4.69, 9.17) is 11.6 Å². The molecule has 2 aromatic carbocycles. The molecular formula is C13H7BrClF2NO. The standard InChI is InChI=1S/C13H7BrClF2NO/c14-9-6-8(2-4-11(9)16)18-13(19)7-1-3-10(15)12(17)5-7/h1-6H,(H,18,19). The van der Waals surface area contributed by atoms with Gasteiger partial charge in [0.25, 0.3) is 5.91 Å². The van der Waals surface area contributed by atoms with Gasteiger partial charge in [0.1, 0.15) is 11.6 Å². The molecule has 1 N–H and O–H groups in total. The zero-order valence-corrected chi connectivity index (χ0v) is 11.7. The highest BCUT2D eigenvalue weighted by atomic mass is 79.9. The van der Waals surface area contributed by atoms with Gasteiger partial charge in [-0.25, -0.2) is 8.78 Å². The molecular weight excluding hydrogens is 340 g/mol. The first-order valence-corrected chi connectivity index (χ1v) is 6.36. The van der Waals surface area contributed by atoms with Gasteiger partial charge < -0.3 is 5.32 Å². The molecule has 19 heavy (non-hydrogen) atoms. The van der Waals surface area contributed by atoms with E-state index in [-0.39, 0.29) is 15.1 Å². The summed E-state index contributed by atoms with van der Waals surface area (Å²) in [5, 5.41) is 2.47. The van der Waals surface area contributed by atoms with Gasteiger partial charge in [-0.2, -0.15) is 0 Å². The summed E-state index contributed by atoms with van der Waals surface area (Å²) in [5.41, 5.74) is 0.524. The van der Waals surface area contributed by atoms with Crippen molar-refractivity contribution in [1.82, 2.24) is 0 Å². The molecule has 2 nitrogen and oxygen atoms in total. The van der Waals surface area contributed by atoms with E-state index in [0.717, 1.165) is 6.07 Å². The molecule has 0 bridgehead atoms. The number of anilines is 1. The molecule has 0 spiro atoms. The van der Waals surface area contributed by atoms with Crippen molar-refractivity contribution < 1.29 is 13.6 Å². The van der Waals surface area contributed by atoms with Crippen LogP contribution in [0.5, 0.6) is 0 Å². The highest BCUT2D eigenvalue weighted by molar-refractivity contribution is 9.10. The average molecular weight is 347 g/mol. The van der Waals surface area contributed by atoms with Crippen LogP contribution in [0.1, 0.15) is 10.4 Å². The molecule has 6 heteroatoms. The van der Waals surface area contributed by atoms with E-state index in [1.54, 1.807) is 0 Å². The molecule has 0 radical (unpaired) electrons. The molecule has 0 aromatic heterocycles. The van der Waals surface area contributed by atoms with Crippen LogP contribution in [0.15, 0.2) is 40.9 Å². The minimum absolute atomic E-state index is 0.0546. The van der Waals surface area contributed by atoms with E-state index >= 15 is 0 Å². The topological polar surface area (TPSA) is 29.1 Å². The van der Waals surface area contributed by atoms with Crippen molar-refractivity contribution in [2.24, 2.45) is 0 Å². The Bertz CT molecular complexity index is 649. The number of amides is 1. The second-order valence-electron chi connectivity index (χ2n) is 3.71. The van der Waals surface area contributed by atoms with Gasteiger partial charge in [-0.15, -0.1) is 0 Å². The summed E-state index contributed by atoms with van der Waals surface area (Å²) >= 11 is 8.54. The number of benzene rings is 2. The maximum Gasteiger partial charge on any atom is 0.255 e. The summed E-state index contributed by atoms with van der Waals surface area (Å²) in [6.45, 7) is 0. The molecule has 0 heterocycles. The minimum atomic E-state index is -0.672. The van der Waals surface area contributed by atoms with Gasteiger partial charge in [-0.05, 0) is 52.3 Å². The van der Waals surface area contributed by atoms with Crippen LogP contribution in [-0.2, 0) is 0 Å². The third-order valence-corrected chi connectivity index (χ3v) is 3.27. The van der Waals surface area contributed by atoms with Gasteiger partial charge in [-0.1, -0.05) is 11.6 Å². The molecule has 1 amide bonds. The molecule has 0 aliphatic carbocycles. The minimum Gasteiger partial charge on any atom is -0.322 e. The normalized spacial score (nSPS) is 10.3. The van der Waals surface area contributed by atoms with Crippen molar-refractivity contribution in [2.75, 3.05) is 5.32 Å². The summed E-state index contributed by atoms with van der Waals surface area (Å²) in [6.07, 6.45) is 0. The Morgan fingerprint density at radius 1 is 1.11 bits per heavy atom. The van der Waals surface area contributed by atoms with Gasteiger partial charge >= 0.3 is 0 Å². The van der Waals surface area contributed by atoms with Crippen molar-refractivity contribution in [3.05, 3.63) is 63.1 Å². The fourth-order valence-corrected chi connectivity index (χ4v) is 1.91. The number of halogens is 4. The molecule has 0 aliphatic rings. The zero-order valence-electron chi connectivity index (χ0n) is 9.38. The number of carbonyl (C=O) groups excluding carboxylic acids is 1. The predicted molar refractivity (Wildman–Crippen MR) is 73.5 cm³/mol. The van der Waals surface area contributed by atoms with Crippen molar-refractivity contribution in [1.29, 1.82) is 0 Å². The van der Waals surface area contributed by atoms with Gasteiger partial charge in [0.15, 0.2) is 0 Å². The lowest BCUT2D eigenvalue weighted by molar-refractivity contribution is 0.102. The maximum absolute atomic E-state index is 13.2. The number of nitrogens with one attached hydrogen (secondary N) is 1. The summed E-state index contributed by atoms with van der Waals surface area (Å²) in [4.78, 5) is 11.8. The van der Waals surface area contributed by atoms with Crippen LogP contribution in [0, 0.1) is 11.6 Å². The van der Waals surface area contributed by atoms with Gasteiger partial charge in [0, 0.05) is 11.3 Å². The van der Waals surface area contributed by atoms with Gasteiger partial charge in [0.05, 0.1) is 9.50 Å². The lowest BCUT2D eigenvalue weighted by atomic mass is 10.2. The molecule has 0 saturated carbocycles. The first-order chi connectivity index (χ1) is 8.97. The Morgan fingerprint density at radius 3 is 2.47 bits per heavy atom. The number of carbonyl (C=O) groups is 1. The molecule has 0 fully saturated rings. The van der Waals surface area contributed by atoms with Crippen LogP contribution >= 0.6 is 27.5 Å². The van der Waals surface area contributed by atoms with Crippen molar-refractivity contribution in [3.8, 4) is 0 Å². The maximum atomic E-state index is 13.2. The lowest BCUT2D eigenvalue weighted by Crippen LogP contribution is -2.12. The van der Waals surface area contributed by atoms with E-state index in [1.807, 2.05) is 0 Å². The summed E-state index contributed by atoms with van der Waals surface area (Å²) in [5.74, 6) is -1.61. The number of rotatable bonds is 2. The van der Waals surface area contributed by atoms with Crippen LogP contribution in [0.4, 0.5) is 14.5 Å². The fraction of sp³-hybridized carbons (Fsp3) is 0. The van der Waals surface area contributed by atoms with Crippen molar-refractivity contribution >= 4 is 39.1 Å². The van der Waals surface area contributed by atoms with Crippen LogP contribution in [0.2, 0.25) is 5.02 Å². The first-order valence-electron chi connectivity index (χ1n) is 5.19. The zero-order chi connectivity index (χ0) is 14.0. The smallest absolute Gasteiger partial charge is 0.255 e. The summed E-state index contributed by atoms with van der Waals surface area (Å²) in [7, 11) is 0. The molecule has 2 rings (SSSR count). The van der Waals surface area contributed by atoms with Crippen molar-refractivity contribution in [2.45, 2.75) is 0 Å². The molecule has 0 aliphatic heterocycles. The summed E-state index contributed by atoms with van der Waals surface area (Å²) in [6, 6.07) is 7.77. The Hall–Kier alpha value is -1.46. The Morgan fingerprint density at radius 2 is 1.84 bits per heavy atom. The number of hydrogen-bond donors (Lipinski definition) is 1. The van der Waals surface area contributed by atoms with Crippen LogP contribution in [0.25, 0.3) is 0 Å². The third-order valence-electron chi connectivity index (χ3n) is 2.36. The number of hydrogen-bond acceptors (Lipinski definition) is 1. The second kappa shape index (κ2) is 5.67. The molecule has 0 atom stereocenters. The fourth-order valence-electron chi connectivity index (χ4n) is 1.41. The molecule has 2 aromatic rings. The van der Waals surface area contributed by atoms with Crippen LogP contribution < -0.4 is 5.32 Å². The first kappa shape index (κ1) is 14.0. The SMILES string of the molecule is O=C(Nc1ccc(F)c(Br)c1)c1ccc(Cl)c(F)c1. The Balaban J connectivity index is 2.20. The second-order valence-corrected chi connectivity index (χ2v) is 4.97. The van der Waals surface area contributed by atoms with E-state index in [1.165, 1.54) is 30.3 Å². The average Bonchev–Trinajstić information content (AvgIpc) is 2.37. The predicted octanol–water partition coefficient (Wildman–Crippen LogP) is 4.63. The lowest BCUT2D eigenvalue weighted by Gasteiger charge is -2.06. The van der Waals surface area contributed by atoms with E-state index in [9.17, 15) is 13.6 Å². The van der Waals surface area contributed by atoms with Crippen LogP contribution in [0.3, 0.4) is 0 Å². The van der Waals surface area contributed by atoms with Crippen molar-refractivity contribution in [3.63, 3.8) is 0 Å². The largest absolute Gasteiger partial charge is 0.322 e. The van der Waals surface area contributed by atoms with Gasteiger partial charge in [-0.3, -0.25) is 4.79 Å². The highest BCUT2D eigenvalue weighted by Crippen LogP contribution is 2.21. The summed E-state index contributed by atoms with van der Waals surface area (Å²) < 4.78 is 26.5. The highest BCUT2D eigenvalue weighted by Gasteiger charge is 2.10. The Kier molecular flexibility index (Phi) is 4.17.